The number of para-hydroxylation sites is 1. The van der Waals surface area contributed by atoms with Crippen LogP contribution in [0.5, 0.6) is 0 Å². The summed E-state index contributed by atoms with van der Waals surface area (Å²) in [5, 5.41) is 9.12. The summed E-state index contributed by atoms with van der Waals surface area (Å²) in [6, 6.07) is 18.6. The number of benzene rings is 2. The highest BCUT2D eigenvalue weighted by molar-refractivity contribution is 5.88. The second-order valence-corrected chi connectivity index (χ2v) is 5.20. The Kier molecular flexibility index (Phi) is 4.06. The minimum Gasteiger partial charge on any atom is -0.478 e. The first-order valence-corrected chi connectivity index (χ1v) is 7.26. The molecule has 1 aromatic heterocycles. The predicted octanol–water partition coefficient (Wildman–Crippen LogP) is 4.23. The molecule has 0 saturated heterocycles. The summed E-state index contributed by atoms with van der Waals surface area (Å²) in [4.78, 5) is 15.7. The van der Waals surface area contributed by atoms with E-state index < -0.39 is 5.97 Å². The van der Waals surface area contributed by atoms with Crippen LogP contribution >= 0.6 is 0 Å². The van der Waals surface area contributed by atoms with E-state index in [9.17, 15) is 4.79 Å². The first kappa shape index (κ1) is 14.8. The molecule has 1 N–H and O–H groups in total. The lowest BCUT2D eigenvalue weighted by Crippen LogP contribution is -2.01. The molecule has 0 radical (unpaired) electrons. The zero-order valence-electron chi connectivity index (χ0n) is 12.7. The van der Waals surface area contributed by atoms with Gasteiger partial charge in [0, 0.05) is 11.9 Å². The molecular weight excluding hydrogens is 288 g/mol. The van der Waals surface area contributed by atoms with E-state index in [1.165, 1.54) is 0 Å². The van der Waals surface area contributed by atoms with Gasteiger partial charge in [0.15, 0.2) is 0 Å². The highest BCUT2D eigenvalue weighted by Gasteiger charge is 2.06. The SMILES string of the molecule is Cc1ccccc1N=Cc1cccn1-c1cccc(C(=O)O)c1. The summed E-state index contributed by atoms with van der Waals surface area (Å²) in [6.45, 7) is 2.02. The maximum Gasteiger partial charge on any atom is 0.335 e. The van der Waals surface area contributed by atoms with Crippen LogP contribution in [0, 0.1) is 6.92 Å². The van der Waals surface area contributed by atoms with E-state index >= 15 is 0 Å². The number of aliphatic imine (C=N–C) groups is 1. The number of carbonyl (C=O) groups is 1. The van der Waals surface area contributed by atoms with Crippen molar-refractivity contribution in [1.29, 1.82) is 0 Å². The van der Waals surface area contributed by atoms with E-state index in [0.717, 1.165) is 22.6 Å². The highest BCUT2D eigenvalue weighted by Crippen LogP contribution is 2.18. The van der Waals surface area contributed by atoms with Gasteiger partial charge < -0.3 is 9.67 Å². The molecule has 0 aliphatic heterocycles. The Morgan fingerprint density at radius 1 is 1.09 bits per heavy atom. The first-order chi connectivity index (χ1) is 11.1. The molecule has 0 saturated carbocycles. The van der Waals surface area contributed by atoms with Crippen LogP contribution in [0.15, 0.2) is 71.9 Å². The van der Waals surface area contributed by atoms with E-state index in [-0.39, 0.29) is 5.56 Å². The van der Waals surface area contributed by atoms with Crippen molar-refractivity contribution in [1.82, 2.24) is 4.57 Å². The normalized spacial score (nSPS) is 11.0. The van der Waals surface area contributed by atoms with Crippen molar-refractivity contribution in [3.8, 4) is 5.69 Å². The molecule has 114 valence electrons. The highest BCUT2D eigenvalue weighted by atomic mass is 16.4. The maximum atomic E-state index is 11.1. The monoisotopic (exact) mass is 304 g/mol. The number of rotatable bonds is 4. The fourth-order valence-electron chi connectivity index (χ4n) is 2.37. The maximum absolute atomic E-state index is 11.1. The Hall–Kier alpha value is -3.14. The molecule has 2 aromatic carbocycles. The molecule has 3 rings (SSSR count). The number of carboxylic acids is 1. The Bertz CT molecular complexity index is 878. The van der Waals surface area contributed by atoms with Gasteiger partial charge in [0.2, 0.25) is 0 Å². The molecule has 0 fully saturated rings. The number of carboxylic acid groups (broad SMARTS) is 1. The minimum absolute atomic E-state index is 0.262. The molecule has 0 amide bonds. The number of hydrogen-bond donors (Lipinski definition) is 1. The molecule has 1 heterocycles. The van der Waals surface area contributed by atoms with Gasteiger partial charge in [-0.15, -0.1) is 0 Å². The van der Waals surface area contributed by atoms with Crippen LogP contribution in [0.4, 0.5) is 5.69 Å². The molecule has 0 spiro atoms. The van der Waals surface area contributed by atoms with Crippen molar-refractivity contribution < 1.29 is 9.90 Å². The van der Waals surface area contributed by atoms with E-state index in [1.807, 2.05) is 60.2 Å². The molecule has 0 atom stereocenters. The number of nitrogens with zero attached hydrogens (tertiary/aromatic N) is 2. The van der Waals surface area contributed by atoms with Crippen molar-refractivity contribution >= 4 is 17.9 Å². The fraction of sp³-hybridized carbons (Fsp3) is 0.0526. The zero-order chi connectivity index (χ0) is 16.2. The molecular formula is C19H16N2O2. The summed E-state index contributed by atoms with van der Waals surface area (Å²) in [5.41, 5.74) is 3.96. The molecule has 3 aromatic rings. The molecule has 0 bridgehead atoms. The molecule has 4 heteroatoms. The second-order valence-electron chi connectivity index (χ2n) is 5.20. The number of aromatic carboxylic acids is 1. The van der Waals surface area contributed by atoms with Crippen LogP contribution in [0.1, 0.15) is 21.6 Å². The minimum atomic E-state index is -0.936. The quantitative estimate of drug-likeness (QED) is 0.733. The standard InChI is InChI=1S/C19H16N2O2/c1-14-6-2-3-10-18(14)20-13-17-9-5-11-21(17)16-8-4-7-15(12-16)19(22)23/h2-13H,1H3,(H,22,23). The fourth-order valence-corrected chi connectivity index (χ4v) is 2.37. The van der Waals surface area contributed by atoms with Crippen LogP contribution in [0.3, 0.4) is 0 Å². The van der Waals surface area contributed by atoms with E-state index in [0.29, 0.717) is 0 Å². The number of hydrogen-bond acceptors (Lipinski definition) is 2. The van der Waals surface area contributed by atoms with Gasteiger partial charge in [-0.05, 0) is 48.9 Å². The van der Waals surface area contributed by atoms with Crippen LogP contribution in [-0.2, 0) is 0 Å². The van der Waals surface area contributed by atoms with Crippen molar-refractivity contribution in [2.45, 2.75) is 6.92 Å². The third kappa shape index (κ3) is 3.21. The summed E-state index contributed by atoms with van der Waals surface area (Å²) in [6.07, 6.45) is 3.68. The van der Waals surface area contributed by atoms with Gasteiger partial charge in [-0.2, -0.15) is 0 Å². The summed E-state index contributed by atoms with van der Waals surface area (Å²) < 4.78 is 1.91. The first-order valence-electron chi connectivity index (χ1n) is 7.26. The zero-order valence-corrected chi connectivity index (χ0v) is 12.7. The Morgan fingerprint density at radius 2 is 1.91 bits per heavy atom. The van der Waals surface area contributed by atoms with Crippen molar-refractivity contribution in [3.05, 3.63) is 83.7 Å². The van der Waals surface area contributed by atoms with E-state index in [2.05, 4.69) is 4.99 Å². The Morgan fingerprint density at radius 3 is 2.70 bits per heavy atom. The third-order valence-corrected chi connectivity index (χ3v) is 3.60. The Labute approximate surface area is 134 Å². The molecule has 4 nitrogen and oxygen atoms in total. The second kappa shape index (κ2) is 6.32. The third-order valence-electron chi connectivity index (χ3n) is 3.60. The van der Waals surface area contributed by atoms with Gasteiger partial charge in [-0.1, -0.05) is 24.3 Å². The summed E-state index contributed by atoms with van der Waals surface area (Å²) >= 11 is 0. The Balaban J connectivity index is 1.96. The molecule has 0 aliphatic carbocycles. The van der Waals surface area contributed by atoms with Crippen LogP contribution in [0.2, 0.25) is 0 Å². The summed E-state index contributed by atoms with van der Waals surface area (Å²) in [7, 11) is 0. The molecule has 0 aliphatic rings. The lowest BCUT2D eigenvalue weighted by molar-refractivity contribution is 0.0697. The molecule has 23 heavy (non-hydrogen) atoms. The van der Waals surface area contributed by atoms with E-state index in [1.54, 1.807) is 24.4 Å². The average molecular weight is 304 g/mol. The van der Waals surface area contributed by atoms with Gasteiger partial charge in [0.25, 0.3) is 0 Å². The average Bonchev–Trinajstić information content (AvgIpc) is 3.03. The van der Waals surface area contributed by atoms with Crippen LogP contribution < -0.4 is 0 Å². The van der Waals surface area contributed by atoms with E-state index in [4.69, 9.17) is 5.11 Å². The number of aryl methyl sites for hydroxylation is 1. The van der Waals surface area contributed by atoms with Gasteiger partial charge in [0.05, 0.1) is 23.2 Å². The van der Waals surface area contributed by atoms with Gasteiger partial charge in [-0.3, -0.25) is 4.99 Å². The van der Waals surface area contributed by atoms with Crippen molar-refractivity contribution in [2.75, 3.05) is 0 Å². The van der Waals surface area contributed by atoms with Crippen LogP contribution in [0.25, 0.3) is 5.69 Å². The van der Waals surface area contributed by atoms with Gasteiger partial charge in [-0.25, -0.2) is 4.79 Å². The largest absolute Gasteiger partial charge is 0.478 e. The van der Waals surface area contributed by atoms with Gasteiger partial charge in [0.1, 0.15) is 0 Å². The smallest absolute Gasteiger partial charge is 0.335 e. The lowest BCUT2D eigenvalue weighted by Gasteiger charge is -2.07. The topological polar surface area (TPSA) is 54.6 Å². The predicted molar refractivity (Wildman–Crippen MR) is 91.2 cm³/mol. The lowest BCUT2D eigenvalue weighted by atomic mass is 10.2. The van der Waals surface area contributed by atoms with Crippen LogP contribution in [-0.4, -0.2) is 21.9 Å². The van der Waals surface area contributed by atoms with Crippen molar-refractivity contribution in [2.24, 2.45) is 4.99 Å². The van der Waals surface area contributed by atoms with Crippen molar-refractivity contribution in [3.63, 3.8) is 0 Å². The van der Waals surface area contributed by atoms with Gasteiger partial charge >= 0.3 is 5.97 Å². The summed E-state index contributed by atoms with van der Waals surface area (Å²) in [5.74, 6) is -0.936. The number of aromatic nitrogens is 1. The molecule has 0 unspecified atom stereocenters.